The number of ether oxygens (including phenoxy) is 1. The third kappa shape index (κ3) is 6.41. The zero-order valence-corrected chi connectivity index (χ0v) is 18.0. The predicted molar refractivity (Wildman–Crippen MR) is 115 cm³/mol. The summed E-state index contributed by atoms with van der Waals surface area (Å²) in [7, 11) is 0. The number of benzene rings is 1. The largest absolute Gasteiger partial charge is 0.394 e. The zero-order chi connectivity index (χ0) is 23.1. The molecule has 0 unspecified atom stereocenters. The van der Waals surface area contributed by atoms with Crippen molar-refractivity contribution in [3.8, 4) is 0 Å². The third-order valence-electron chi connectivity index (χ3n) is 5.22. The minimum absolute atomic E-state index is 0.171. The molecule has 11 heteroatoms. The van der Waals surface area contributed by atoms with E-state index < -0.39 is 18.0 Å². The Kier molecular flexibility index (Phi) is 8.01. The monoisotopic (exact) mass is 449 g/mol. The smallest absolute Gasteiger partial charge is 0.319 e. The summed E-state index contributed by atoms with van der Waals surface area (Å²) in [5, 5.41) is 24.3. The third-order valence-corrected chi connectivity index (χ3v) is 5.22. The fraction of sp³-hybridized carbons (Fsp3) is 0.476. The summed E-state index contributed by atoms with van der Waals surface area (Å²) in [6, 6.07) is 4.31. The second kappa shape index (κ2) is 10.9. The van der Waals surface area contributed by atoms with Crippen molar-refractivity contribution >= 4 is 23.4 Å². The van der Waals surface area contributed by atoms with Crippen molar-refractivity contribution in [2.24, 2.45) is 0 Å². The van der Waals surface area contributed by atoms with Gasteiger partial charge in [0.2, 0.25) is 0 Å². The average molecular weight is 449 g/mol. The van der Waals surface area contributed by atoms with Gasteiger partial charge in [0.25, 0.3) is 0 Å². The van der Waals surface area contributed by atoms with E-state index in [0.29, 0.717) is 48.6 Å². The minimum atomic E-state index is -0.580. The molecule has 5 N–H and O–H groups in total. The molecular formula is C21H28FN5O5. The highest BCUT2D eigenvalue weighted by atomic mass is 19.1. The first kappa shape index (κ1) is 23.5. The molecule has 1 aliphatic rings. The maximum absolute atomic E-state index is 13.3. The van der Waals surface area contributed by atoms with Gasteiger partial charge < -0.3 is 35.6 Å². The summed E-state index contributed by atoms with van der Waals surface area (Å²) < 4.78 is 24.2. The molecule has 0 spiro atoms. The Morgan fingerprint density at radius 2 is 2.03 bits per heavy atom. The molecule has 2 heterocycles. The number of aromatic nitrogens is 1. The molecule has 3 rings (SSSR count). The molecule has 3 atom stereocenters. The highest BCUT2D eigenvalue weighted by Gasteiger charge is 2.31. The second-order valence-electron chi connectivity index (χ2n) is 7.64. The summed E-state index contributed by atoms with van der Waals surface area (Å²) in [5.41, 5.74) is 1.47. The van der Waals surface area contributed by atoms with Crippen LogP contribution in [0.3, 0.4) is 0 Å². The van der Waals surface area contributed by atoms with Crippen LogP contribution in [0.15, 0.2) is 28.8 Å². The van der Waals surface area contributed by atoms with E-state index in [4.69, 9.17) is 9.26 Å². The van der Waals surface area contributed by atoms with E-state index in [1.807, 2.05) is 0 Å². The van der Waals surface area contributed by atoms with Crippen LogP contribution in [0.5, 0.6) is 0 Å². The number of aliphatic hydroxyl groups excluding tert-OH is 1. The second-order valence-corrected chi connectivity index (χ2v) is 7.64. The average Bonchev–Trinajstić information content (AvgIpc) is 3.06. The topological polar surface area (TPSA) is 138 Å². The van der Waals surface area contributed by atoms with E-state index in [-0.39, 0.29) is 24.8 Å². The first-order valence-electron chi connectivity index (χ1n) is 10.4. The van der Waals surface area contributed by atoms with Crippen molar-refractivity contribution < 1.29 is 28.3 Å². The summed E-state index contributed by atoms with van der Waals surface area (Å²) in [4.78, 5) is 24.3. The highest BCUT2D eigenvalue weighted by molar-refractivity contribution is 5.90. The van der Waals surface area contributed by atoms with Crippen LogP contribution >= 0.6 is 0 Å². The molecule has 4 amide bonds. The van der Waals surface area contributed by atoms with Gasteiger partial charge in [0.05, 0.1) is 18.8 Å². The molecular weight excluding hydrogens is 421 g/mol. The van der Waals surface area contributed by atoms with Gasteiger partial charge in [-0.25, -0.2) is 14.0 Å². The van der Waals surface area contributed by atoms with E-state index in [1.165, 1.54) is 18.2 Å². The van der Waals surface area contributed by atoms with Gasteiger partial charge in [-0.1, -0.05) is 11.2 Å². The number of aryl methyl sites for hydroxylation is 2. The lowest BCUT2D eigenvalue weighted by atomic mass is 9.97. The van der Waals surface area contributed by atoms with Gasteiger partial charge in [0.1, 0.15) is 23.3 Å². The molecule has 1 aromatic carbocycles. The number of rotatable bonds is 7. The summed E-state index contributed by atoms with van der Waals surface area (Å²) in [5.74, 6) is 0.0768. The summed E-state index contributed by atoms with van der Waals surface area (Å²) in [6.07, 6.45) is 1.04. The molecule has 0 bridgehead atoms. The standard InChI is InChI=1S/C21H28FN5O5/c1-12-19(13(2)32-27-12)26-20(29)23-9-8-16-6-7-17(18(11-28)31-16)25-21(30)24-15-5-3-4-14(22)10-15/h3-5,10,16-18,28H,6-9,11H2,1-2H3,(H2,23,26,29)(H2,24,25,30)/t16-,17+,18-/m1/s1. The fourth-order valence-electron chi connectivity index (χ4n) is 3.58. The molecule has 174 valence electrons. The van der Waals surface area contributed by atoms with Crippen molar-refractivity contribution in [2.75, 3.05) is 23.8 Å². The molecule has 1 fully saturated rings. The number of urea groups is 2. The summed E-state index contributed by atoms with van der Waals surface area (Å²) >= 11 is 0. The van der Waals surface area contributed by atoms with Crippen molar-refractivity contribution in [3.63, 3.8) is 0 Å². The first-order valence-corrected chi connectivity index (χ1v) is 10.4. The van der Waals surface area contributed by atoms with Crippen molar-refractivity contribution in [2.45, 2.75) is 51.4 Å². The zero-order valence-electron chi connectivity index (χ0n) is 18.0. The number of hydrogen-bond acceptors (Lipinski definition) is 6. The Hall–Kier alpha value is -3.18. The Bertz CT molecular complexity index is 918. The maximum Gasteiger partial charge on any atom is 0.319 e. The molecule has 1 aliphatic heterocycles. The molecule has 0 aliphatic carbocycles. The van der Waals surface area contributed by atoms with Gasteiger partial charge in [-0.05, 0) is 51.3 Å². The lowest BCUT2D eigenvalue weighted by Crippen LogP contribution is -2.52. The van der Waals surface area contributed by atoms with Crippen molar-refractivity contribution in [3.05, 3.63) is 41.5 Å². The minimum Gasteiger partial charge on any atom is -0.394 e. The molecule has 2 aromatic rings. The number of nitrogens with zero attached hydrogens (tertiary/aromatic N) is 1. The Morgan fingerprint density at radius 3 is 2.72 bits per heavy atom. The van der Waals surface area contributed by atoms with Crippen LogP contribution in [0.25, 0.3) is 0 Å². The molecule has 10 nitrogen and oxygen atoms in total. The molecule has 0 radical (unpaired) electrons. The van der Waals surface area contributed by atoms with Crippen molar-refractivity contribution in [1.82, 2.24) is 15.8 Å². The van der Waals surface area contributed by atoms with E-state index >= 15 is 0 Å². The van der Waals surface area contributed by atoms with Crippen molar-refractivity contribution in [1.29, 1.82) is 0 Å². The number of halogens is 1. The van der Waals surface area contributed by atoms with Crippen LogP contribution in [0.1, 0.15) is 30.7 Å². The van der Waals surface area contributed by atoms with E-state index in [2.05, 4.69) is 26.4 Å². The van der Waals surface area contributed by atoms with Gasteiger partial charge in [0.15, 0.2) is 5.76 Å². The first-order chi connectivity index (χ1) is 15.4. The van der Waals surface area contributed by atoms with Crippen LogP contribution in [0.4, 0.5) is 25.4 Å². The summed E-state index contributed by atoms with van der Waals surface area (Å²) in [6.45, 7) is 3.56. The van der Waals surface area contributed by atoms with Crippen LogP contribution in [0.2, 0.25) is 0 Å². The number of carbonyl (C=O) groups excluding carboxylic acids is 2. The number of aliphatic hydroxyl groups is 1. The number of amides is 4. The molecule has 0 saturated carbocycles. The predicted octanol–water partition coefficient (Wildman–Crippen LogP) is 2.67. The van der Waals surface area contributed by atoms with Crippen LogP contribution in [-0.4, -0.2) is 53.7 Å². The van der Waals surface area contributed by atoms with Crippen LogP contribution in [0, 0.1) is 19.7 Å². The number of nitrogens with one attached hydrogen (secondary N) is 4. The van der Waals surface area contributed by atoms with E-state index in [0.717, 1.165) is 0 Å². The SMILES string of the molecule is Cc1noc(C)c1NC(=O)NCC[C@H]1CC[C@H](NC(=O)Nc2cccc(F)c2)[C@@H](CO)O1. The normalized spacial score (nSPS) is 20.4. The Labute approximate surface area is 184 Å². The fourth-order valence-corrected chi connectivity index (χ4v) is 3.58. The Balaban J connectivity index is 1.41. The molecule has 1 aromatic heterocycles. The number of anilines is 2. The number of carbonyl (C=O) groups is 2. The van der Waals surface area contributed by atoms with E-state index in [1.54, 1.807) is 19.9 Å². The van der Waals surface area contributed by atoms with Crippen LogP contribution in [-0.2, 0) is 4.74 Å². The van der Waals surface area contributed by atoms with E-state index in [9.17, 15) is 19.1 Å². The van der Waals surface area contributed by atoms with Gasteiger partial charge in [-0.3, -0.25) is 0 Å². The van der Waals surface area contributed by atoms with Gasteiger partial charge in [-0.15, -0.1) is 0 Å². The maximum atomic E-state index is 13.3. The van der Waals surface area contributed by atoms with Crippen LogP contribution < -0.4 is 21.3 Å². The number of hydrogen-bond donors (Lipinski definition) is 5. The van der Waals surface area contributed by atoms with Gasteiger partial charge in [0, 0.05) is 12.2 Å². The van der Waals surface area contributed by atoms with Gasteiger partial charge in [-0.2, -0.15) is 0 Å². The molecule has 1 saturated heterocycles. The highest BCUT2D eigenvalue weighted by Crippen LogP contribution is 2.22. The quantitative estimate of drug-likeness (QED) is 0.441. The lowest BCUT2D eigenvalue weighted by Gasteiger charge is -2.36. The Morgan fingerprint density at radius 1 is 1.22 bits per heavy atom. The lowest BCUT2D eigenvalue weighted by molar-refractivity contribution is -0.0885. The van der Waals surface area contributed by atoms with Gasteiger partial charge >= 0.3 is 12.1 Å². The molecule has 32 heavy (non-hydrogen) atoms.